The topological polar surface area (TPSA) is 165 Å². The Bertz CT molecular complexity index is 526. The first-order valence-corrected chi connectivity index (χ1v) is 16.7. The molecular weight excluding hydrogens is 530 g/mol. The first-order chi connectivity index (χ1) is 20.4. The molecule has 0 unspecified atom stereocenters. The Labute approximate surface area is 258 Å². The van der Waals surface area contributed by atoms with E-state index in [9.17, 15) is 0 Å². The summed E-state index contributed by atoms with van der Waals surface area (Å²) in [6.07, 6.45) is 3.40. The molecule has 4 saturated heterocycles. The van der Waals surface area contributed by atoms with Gasteiger partial charge in [-0.05, 0) is 72.6 Å². The van der Waals surface area contributed by atoms with Gasteiger partial charge in [0.25, 0.3) is 0 Å². The molecule has 4 aliphatic heterocycles. The summed E-state index contributed by atoms with van der Waals surface area (Å²) in [5.41, 5.74) is 21.8. The van der Waals surface area contributed by atoms with Gasteiger partial charge >= 0.3 is 0 Å². The zero-order chi connectivity index (χ0) is 30.8. The van der Waals surface area contributed by atoms with Crippen molar-refractivity contribution in [2.75, 3.05) is 171 Å². The zero-order valence-electron chi connectivity index (χ0n) is 27.6. The third kappa shape index (κ3) is 21.2. The van der Waals surface area contributed by atoms with Gasteiger partial charge in [0.15, 0.2) is 0 Å². The minimum absolute atomic E-state index is 0.792. The fraction of sp³-hybridized carbons (Fsp3) is 1.00. The molecule has 42 heavy (non-hydrogen) atoms. The molecule has 13 nitrogen and oxygen atoms in total. The second-order valence-corrected chi connectivity index (χ2v) is 12.0. The highest BCUT2D eigenvalue weighted by atomic mass is 15.4. The van der Waals surface area contributed by atoms with Gasteiger partial charge in [-0.15, -0.1) is 0 Å². The van der Waals surface area contributed by atoms with E-state index in [1.54, 1.807) is 0 Å². The van der Waals surface area contributed by atoms with Crippen LogP contribution in [0, 0.1) is 0 Å². The minimum Gasteiger partial charge on any atom is -0.330 e. The van der Waals surface area contributed by atoms with Gasteiger partial charge in [-0.1, -0.05) is 0 Å². The molecule has 0 bridgehead atoms. The Kier molecular flexibility index (Phi) is 25.3. The van der Waals surface area contributed by atoms with E-state index >= 15 is 0 Å². The van der Waals surface area contributed by atoms with E-state index in [0.717, 1.165) is 104 Å². The van der Waals surface area contributed by atoms with E-state index in [1.807, 2.05) is 5.01 Å². The van der Waals surface area contributed by atoms with Gasteiger partial charge in [-0.3, -0.25) is 10.7 Å². The van der Waals surface area contributed by atoms with Crippen molar-refractivity contribution in [1.29, 1.82) is 0 Å². The van der Waals surface area contributed by atoms with E-state index in [0.29, 0.717) is 0 Å². The second kappa shape index (κ2) is 26.8. The Balaban J connectivity index is 0.000000286. The quantitative estimate of drug-likeness (QED) is 0.132. The Hall–Kier alpha value is -0.520. The van der Waals surface area contributed by atoms with Crippen molar-refractivity contribution in [3.63, 3.8) is 0 Å². The van der Waals surface area contributed by atoms with Crippen molar-refractivity contribution in [2.24, 2.45) is 28.8 Å². The molecule has 4 rings (SSSR count). The third-order valence-electron chi connectivity index (χ3n) is 8.29. The van der Waals surface area contributed by atoms with Crippen molar-refractivity contribution in [1.82, 2.24) is 39.7 Å². The summed E-state index contributed by atoms with van der Waals surface area (Å²) in [5, 5.41) is 5.15. The first-order valence-electron chi connectivity index (χ1n) is 16.7. The van der Waals surface area contributed by atoms with Crippen LogP contribution in [-0.4, -0.2) is 206 Å². The maximum Gasteiger partial charge on any atom is 0.0256 e. The lowest BCUT2D eigenvalue weighted by molar-refractivity contribution is 0.131. The number of nitrogens with one attached hydrogen (secondary N) is 1. The monoisotopic (exact) mass is 602 g/mol. The summed E-state index contributed by atoms with van der Waals surface area (Å²) in [5.74, 6) is 5.50. The Morgan fingerprint density at radius 3 is 1.10 bits per heavy atom. The predicted molar refractivity (Wildman–Crippen MR) is 179 cm³/mol. The van der Waals surface area contributed by atoms with E-state index in [1.165, 1.54) is 72.0 Å². The number of hydrazine groups is 1. The summed E-state index contributed by atoms with van der Waals surface area (Å²) in [4.78, 5) is 14.5. The number of hydrogen-bond acceptors (Lipinski definition) is 13. The van der Waals surface area contributed by atoms with Crippen molar-refractivity contribution < 1.29 is 0 Å². The van der Waals surface area contributed by atoms with Crippen LogP contribution in [0.3, 0.4) is 0 Å². The Morgan fingerprint density at radius 2 is 0.762 bits per heavy atom. The highest BCUT2D eigenvalue weighted by Crippen LogP contribution is 2.02. The summed E-state index contributed by atoms with van der Waals surface area (Å²) < 4.78 is 0. The number of hydrogen-bond donors (Lipinski definition) is 6. The Morgan fingerprint density at radius 1 is 0.429 bits per heavy atom. The molecule has 11 N–H and O–H groups in total. The molecule has 0 saturated carbocycles. The summed E-state index contributed by atoms with van der Waals surface area (Å²) in [6, 6.07) is 0. The zero-order valence-corrected chi connectivity index (χ0v) is 27.6. The molecular formula is C29H71N13. The molecule has 0 aromatic carbocycles. The molecule has 0 aliphatic carbocycles. The van der Waals surface area contributed by atoms with Crippen molar-refractivity contribution in [2.45, 2.75) is 19.3 Å². The van der Waals surface area contributed by atoms with E-state index in [-0.39, 0.29) is 0 Å². The van der Waals surface area contributed by atoms with Crippen LogP contribution in [0.25, 0.3) is 0 Å². The second-order valence-electron chi connectivity index (χ2n) is 12.0. The summed E-state index contributed by atoms with van der Waals surface area (Å²) >= 11 is 0. The van der Waals surface area contributed by atoms with Crippen LogP contribution < -0.4 is 34.1 Å². The maximum atomic E-state index is 5.50. The highest BCUT2D eigenvalue weighted by Gasteiger charge is 2.15. The summed E-state index contributed by atoms with van der Waals surface area (Å²) in [7, 11) is 4.30. The minimum atomic E-state index is 0.792. The van der Waals surface area contributed by atoms with Crippen LogP contribution in [-0.2, 0) is 0 Å². The van der Waals surface area contributed by atoms with E-state index in [4.69, 9.17) is 28.8 Å². The van der Waals surface area contributed by atoms with Crippen LogP contribution in [0.1, 0.15) is 19.3 Å². The molecule has 0 spiro atoms. The number of nitrogens with zero attached hydrogens (tertiary/aromatic N) is 7. The van der Waals surface area contributed by atoms with Crippen LogP contribution in [0.5, 0.6) is 0 Å². The molecule has 0 radical (unpaired) electrons. The smallest absolute Gasteiger partial charge is 0.0256 e. The molecule has 4 aliphatic rings. The van der Waals surface area contributed by atoms with Gasteiger partial charge in [0.2, 0.25) is 0 Å². The van der Waals surface area contributed by atoms with Crippen molar-refractivity contribution >= 4 is 0 Å². The average Bonchev–Trinajstić information content (AvgIpc) is 3.02. The van der Waals surface area contributed by atoms with E-state index in [2.05, 4.69) is 48.8 Å². The molecule has 0 atom stereocenters. The van der Waals surface area contributed by atoms with E-state index < -0.39 is 0 Å². The number of rotatable bonds is 11. The van der Waals surface area contributed by atoms with Gasteiger partial charge < -0.3 is 52.8 Å². The fourth-order valence-electron chi connectivity index (χ4n) is 5.19. The largest absolute Gasteiger partial charge is 0.330 e. The number of likely N-dealkylation sites (N-methyl/N-ethyl adjacent to an activating group) is 2. The van der Waals surface area contributed by atoms with Crippen LogP contribution in [0.15, 0.2) is 0 Å². The number of nitrogens with two attached hydrogens (primary N) is 5. The van der Waals surface area contributed by atoms with Crippen LogP contribution in [0.4, 0.5) is 0 Å². The molecule has 4 fully saturated rings. The third-order valence-corrected chi connectivity index (χ3v) is 8.29. The first kappa shape index (κ1) is 39.5. The predicted octanol–water partition coefficient (Wildman–Crippen LogP) is -3.16. The fourth-order valence-corrected chi connectivity index (χ4v) is 5.19. The lowest BCUT2D eigenvalue weighted by atomic mass is 10.2. The lowest BCUT2D eigenvalue weighted by Crippen LogP contribution is -2.47. The van der Waals surface area contributed by atoms with Crippen molar-refractivity contribution in [3.8, 4) is 0 Å². The molecule has 4 heterocycles. The number of piperazine rings is 4. The average molecular weight is 602 g/mol. The van der Waals surface area contributed by atoms with Crippen molar-refractivity contribution in [3.05, 3.63) is 0 Å². The molecule has 0 aromatic heterocycles. The highest BCUT2D eigenvalue weighted by molar-refractivity contribution is 4.72. The normalized spacial score (nSPS) is 22.4. The lowest BCUT2D eigenvalue weighted by Gasteiger charge is -2.34. The SMILES string of the molecule is CN1CCN(CCCN)CC1.CN1CCN(N)CC1.NCCCN1CCN(CCCN)CC1.NCCN1CCNCC1. The summed E-state index contributed by atoms with van der Waals surface area (Å²) in [6.45, 7) is 26.3. The van der Waals surface area contributed by atoms with Gasteiger partial charge in [0, 0.05) is 118 Å². The van der Waals surface area contributed by atoms with Gasteiger partial charge in [0.1, 0.15) is 0 Å². The van der Waals surface area contributed by atoms with Crippen LogP contribution >= 0.6 is 0 Å². The van der Waals surface area contributed by atoms with Gasteiger partial charge in [-0.25, -0.2) is 5.01 Å². The van der Waals surface area contributed by atoms with Crippen LogP contribution in [0.2, 0.25) is 0 Å². The van der Waals surface area contributed by atoms with Gasteiger partial charge in [0.05, 0.1) is 0 Å². The molecule has 13 heteroatoms. The molecule has 0 amide bonds. The maximum absolute atomic E-state index is 5.50. The molecule has 0 aromatic rings. The standard InChI is InChI=1S/C10H24N4.C8H19N3.C6H15N3.C5H13N3/c11-3-1-5-13-7-9-14(10-8-13)6-2-4-12;1-10-5-7-11(8-6-10)4-2-3-9;7-1-4-9-5-2-8-3-6-9;1-7-2-4-8(6)5-3-7/h1-12H2;2-9H2,1H3;8H,1-7H2;2-6H2,1H3. The van der Waals surface area contributed by atoms with Gasteiger partial charge in [-0.2, -0.15) is 0 Å². The molecule has 252 valence electrons.